The van der Waals surface area contributed by atoms with E-state index >= 15 is 0 Å². The molecule has 0 aliphatic heterocycles. The van der Waals surface area contributed by atoms with Crippen LogP contribution < -0.4 is 4.74 Å². The number of halogens is 2. The van der Waals surface area contributed by atoms with Crippen LogP contribution >= 0.6 is 34.2 Å². The summed E-state index contributed by atoms with van der Waals surface area (Å²) in [6.45, 7) is 0. The van der Waals surface area contributed by atoms with Gasteiger partial charge in [-0.3, -0.25) is 0 Å². The van der Waals surface area contributed by atoms with Gasteiger partial charge in [-0.25, -0.2) is 0 Å². The first-order valence-corrected chi connectivity index (χ1v) is 4.45. The summed E-state index contributed by atoms with van der Waals surface area (Å²) in [4.78, 5) is 3.88. The van der Waals surface area contributed by atoms with Gasteiger partial charge in [0.05, 0.1) is 10.7 Å². The number of methoxy groups -OCH3 is 1. The maximum absolute atomic E-state index is 8.65. The Hall–Kier alpha value is -0.540. The minimum Gasteiger partial charge on any atom is -0.480 e. The summed E-state index contributed by atoms with van der Waals surface area (Å²) in [6, 6.07) is 3.60. The summed E-state index contributed by atoms with van der Waals surface area (Å²) in [5, 5.41) is 9.00. The number of hydrogen-bond donors (Lipinski definition) is 0. The van der Waals surface area contributed by atoms with Crippen LogP contribution in [0.4, 0.5) is 0 Å². The molecule has 0 unspecified atom stereocenters. The van der Waals surface area contributed by atoms with E-state index in [2.05, 4.69) is 4.98 Å². The summed E-state index contributed by atoms with van der Waals surface area (Å²) in [5.41, 5.74) is 0.395. The van der Waals surface area contributed by atoms with Crippen molar-refractivity contribution < 1.29 is 4.74 Å². The largest absolute Gasteiger partial charge is 0.480 e. The molecule has 1 heterocycles. The van der Waals surface area contributed by atoms with Crippen molar-refractivity contribution >= 4 is 34.2 Å². The van der Waals surface area contributed by atoms with E-state index in [1.807, 2.05) is 28.7 Å². The van der Waals surface area contributed by atoms with Gasteiger partial charge < -0.3 is 4.74 Å². The Balaban J connectivity index is 3.31. The third kappa shape index (κ3) is 1.79. The molecule has 5 heteroatoms. The van der Waals surface area contributed by atoms with Crippen LogP contribution in [-0.2, 0) is 0 Å². The number of nitrogens with zero attached hydrogens (tertiary/aromatic N) is 2. The average molecular weight is 294 g/mol. The number of aromatic nitrogens is 1. The second kappa shape index (κ2) is 3.92. The lowest BCUT2D eigenvalue weighted by Crippen LogP contribution is -1.93. The van der Waals surface area contributed by atoms with E-state index in [4.69, 9.17) is 21.6 Å². The monoisotopic (exact) mass is 294 g/mol. The van der Waals surface area contributed by atoms with Gasteiger partial charge >= 0.3 is 0 Å². The molecule has 0 fully saturated rings. The molecule has 0 radical (unpaired) electrons. The van der Waals surface area contributed by atoms with Crippen LogP contribution in [0.3, 0.4) is 0 Å². The lowest BCUT2D eigenvalue weighted by atomic mass is 10.3. The fourth-order valence-electron chi connectivity index (χ4n) is 0.686. The highest BCUT2D eigenvalue weighted by Crippen LogP contribution is 2.23. The molecule has 0 N–H and O–H groups in total. The molecule has 0 aromatic carbocycles. The predicted octanol–water partition coefficient (Wildman–Crippen LogP) is 2.22. The highest BCUT2D eigenvalue weighted by atomic mass is 127. The van der Waals surface area contributed by atoms with E-state index in [-0.39, 0.29) is 5.88 Å². The van der Waals surface area contributed by atoms with E-state index in [1.54, 1.807) is 6.07 Å². The smallest absolute Gasteiger partial charge is 0.232 e. The summed E-state index contributed by atoms with van der Waals surface area (Å²) in [5.74, 6) is 0.267. The molecule has 3 nitrogen and oxygen atoms in total. The van der Waals surface area contributed by atoms with Crippen LogP contribution in [0.15, 0.2) is 6.07 Å². The van der Waals surface area contributed by atoms with Crippen molar-refractivity contribution in [3.05, 3.63) is 20.4 Å². The normalized spacial score (nSPS) is 9.17. The summed E-state index contributed by atoms with van der Waals surface area (Å²) < 4.78 is 5.59. The van der Waals surface area contributed by atoms with E-state index < -0.39 is 0 Å². The molecule has 1 rings (SSSR count). The van der Waals surface area contributed by atoms with Gasteiger partial charge in [0.2, 0.25) is 5.88 Å². The van der Waals surface area contributed by atoms with Crippen LogP contribution in [-0.4, -0.2) is 12.1 Å². The Morgan fingerprint density at radius 3 is 2.92 bits per heavy atom. The molecular weight excluding hydrogens is 290 g/mol. The van der Waals surface area contributed by atoms with Gasteiger partial charge in [-0.15, -0.1) is 0 Å². The van der Waals surface area contributed by atoms with Crippen LogP contribution in [0, 0.1) is 14.9 Å². The minimum absolute atomic E-state index is 0.267. The Morgan fingerprint density at radius 2 is 2.42 bits per heavy atom. The summed E-state index contributed by atoms with van der Waals surface area (Å²) in [7, 11) is 1.45. The van der Waals surface area contributed by atoms with Crippen molar-refractivity contribution in [3.8, 4) is 11.9 Å². The topological polar surface area (TPSA) is 45.9 Å². The molecule has 0 bridgehead atoms. The van der Waals surface area contributed by atoms with Gasteiger partial charge in [-0.2, -0.15) is 10.2 Å². The zero-order chi connectivity index (χ0) is 9.14. The van der Waals surface area contributed by atoms with Crippen molar-refractivity contribution in [3.63, 3.8) is 0 Å². The Labute approximate surface area is 88.5 Å². The zero-order valence-electron chi connectivity index (χ0n) is 6.14. The number of pyridine rings is 1. The molecule has 0 spiro atoms. The molecule has 1 aromatic heterocycles. The van der Waals surface area contributed by atoms with Crippen molar-refractivity contribution in [1.82, 2.24) is 4.98 Å². The van der Waals surface area contributed by atoms with Crippen LogP contribution in [0.25, 0.3) is 0 Å². The third-order valence-corrected chi connectivity index (χ3v) is 2.64. The quantitative estimate of drug-likeness (QED) is 0.589. The first-order valence-electron chi connectivity index (χ1n) is 2.99. The van der Waals surface area contributed by atoms with Crippen molar-refractivity contribution in [2.45, 2.75) is 0 Å². The second-order valence-corrected chi connectivity index (χ2v) is 3.45. The maximum Gasteiger partial charge on any atom is 0.232 e. The lowest BCUT2D eigenvalue weighted by molar-refractivity contribution is 0.396. The number of ether oxygens (including phenoxy) is 1. The fourth-order valence-corrected chi connectivity index (χ4v) is 1.25. The van der Waals surface area contributed by atoms with Crippen LogP contribution in [0.5, 0.6) is 5.88 Å². The molecule has 0 atom stereocenters. The Bertz CT molecular complexity index is 348. The highest BCUT2D eigenvalue weighted by Gasteiger charge is 2.07. The van der Waals surface area contributed by atoms with Crippen molar-refractivity contribution in [1.29, 1.82) is 5.26 Å². The van der Waals surface area contributed by atoms with Gasteiger partial charge in [0.25, 0.3) is 0 Å². The average Bonchev–Trinajstić information content (AvgIpc) is 2.09. The van der Waals surface area contributed by atoms with Crippen molar-refractivity contribution in [2.75, 3.05) is 7.11 Å². The molecule has 0 aliphatic carbocycles. The minimum atomic E-state index is 0.267. The molecule has 62 valence electrons. The number of rotatable bonds is 1. The fraction of sp³-hybridized carbons (Fsp3) is 0.143. The van der Waals surface area contributed by atoms with Gasteiger partial charge in [0.1, 0.15) is 16.8 Å². The Morgan fingerprint density at radius 1 is 1.75 bits per heavy atom. The van der Waals surface area contributed by atoms with E-state index in [1.165, 1.54) is 7.11 Å². The van der Waals surface area contributed by atoms with Crippen molar-refractivity contribution in [2.24, 2.45) is 0 Å². The van der Waals surface area contributed by atoms with E-state index in [0.717, 1.165) is 3.57 Å². The maximum atomic E-state index is 8.65. The first kappa shape index (κ1) is 9.55. The molecule has 12 heavy (non-hydrogen) atoms. The third-order valence-electron chi connectivity index (χ3n) is 1.21. The number of nitriles is 1. The number of hydrogen-bond acceptors (Lipinski definition) is 3. The first-order chi connectivity index (χ1) is 5.69. The zero-order valence-corrected chi connectivity index (χ0v) is 9.05. The van der Waals surface area contributed by atoms with Gasteiger partial charge in [-0.1, -0.05) is 11.6 Å². The van der Waals surface area contributed by atoms with Crippen LogP contribution in [0.2, 0.25) is 5.15 Å². The molecular formula is C7H4ClIN2O. The Kier molecular flexibility index (Phi) is 3.12. The predicted molar refractivity (Wildman–Crippen MR) is 53.2 cm³/mol. The molecule has 0 aliphatic rings. The summed E-state index contributed by atoms with van der Waals surface area (Å²) in [6.07, 6.45) is 0. The van der Waals surface area contributed by atoms with Gasteiger partial charge in [-0.05, 0) is 28.7 Å². The standard InChI is InChI=1S/C7H4ClIN2O/c1-12-7-4(3-10)2-5(9)6(8)11-7/h2H,1H3. The molecule has 1 aromatic rings. The SMILES string of the molecule is COc1nc(Cl)c(I)cc1C#N. The van der Waals surface area contributed by atoms with E-state index in [0.29, 0.717) is 10.7 Å². The second-order valence-electron chi connectivity index (χ2n) is 1.93. The van der Waals surface area contributed by atoms with Gasteiger partial charge in [0.15, 0.2) is 0 Å². The highest BCUT2D eigenvalue weighted by molar-refractivity contribution is 14.1. The lowest BCUT2D eigenvalue weighted by Gasteiger charge is -2.02. The molecule has 0 saturated carbocycles. The molecule has 0 saturated heterocycles. The molecule has 0 amide bonds. The van der Waals surface area contributed by atoms with E-state index in [9.17, 15) is 0 Å². The van der Waals surface area contributed by atoms with Crippen LogP contribution in [0.1, 0.15) is 5.56 Å². The summed E-state index contributed by atoms with van der Waals surface area (Å²) >= 11 is 7.72. The van der Waals surface area contributed by atoms with Gasteiger partial charge in [0, 0.05) is 0 Å².